The molecule has 0 radical (unpaired) electrons. The van der Waals surface area contributed by atoms with Crippen molar-refractivity contribution in [1.29, 1.82) is 0 Å². The highest BCUT2D eigenvalue weighted by atomic mass is 32.2. The normalized spacial score (nSPS) is 11.2. The first-order chi connectivity index (χ1) is 12.1. The van der Waals surface area contributed by atoms with Gasteiger partial charge in [-0.3, -0.25) is 0 Å². The van der Waals surface area contributed by atoms with Gasteiger partial charge in [-0.25, -0.2) is 9.37 Å². The van der Waals surface area contributed by atoms with Crippen molar-refractivity contribution < 1.29 is 4.39 Å². The Kier molecular flexibility index (Phi) is 4.06. The number of aromatic nitrogens is 2. The minimum absolute atomic E-state index is 0.225. The fourth-order valence-electron chi connectivity index (χ4n) is 3.14. The van der Waals surface area contributed by atoms with Gasteiger partial charge >= 0.3 is 0 Å². The first-order valence-corrected chi connectivity index (χ1v) is 8.90. The summed E-state index contributed by atoms with van der Waals surface area (Å²) in [5, 5.41) is 1.07. The van der Waals surface area contributed by atoms with Crippen LogP contribution in [0.4, 0.5) is 4.39 Å². The number of hydrogen-bond acceptors (Lipinski definition) is 2. The predicted octanol–water partition coefficient (Wildman–Crippen LogP) is 6.14. The number of aryl methyl sites for hydroxylation is 2. The van der Waals surface area contributed by atoms with E-state index in [1.807, 2.05) is 24.5 Å². The summed E-state index contributed by atoms with van der Waals surface area (Å²) in [7, 11) is 0. The highest BCUT2D eigenvalue weighted by Crippen LogP contribution is 2.38. The third-order valence-corrected chi connectivity index (χ3v) is 5.13. The lowest BCUT2D eigenvalue weighted by Gasteiger charge is -2.08. The maximum Gasteiger partial charge on any atom is 0.139 e. The molecule has 1 N–H and O–H groups in total. The van der Waals surface area contributed by atoms with E-state index in [0.717, 1.165) is 26.4 Å². The van der Waals surface area contributed by atoms with Crippen LogP contribution >= 0.6 is 11.8 Å². The van der Waals surface area contributed by atoms with E-state index in [-0.39, 0.29) is 5.82 Å². The molecule has 2 aromatic carbocycles. The number of aromatic amines is 1. The van der Waals surface area contributed by atoms with Gasteiger partial charge in [0.1, 0.15) is 11.5 Å². The number of rotatable bonds is 3. The maximum atomic E-state index is 13.5. The smallest absolute Gasteiger partial charge is 0.139 e. The molecule has 4 rings (SSSR count). The summed E-state index contributed by atoms with van der Waals surface area (Å²) < 4.78 is 13.5. The van der Waals surface area contributed by atoms with Gasteiger partial charge in [0.25, 0.3) is 0 Å². The van der Waals surface area contributed by atoms with Crippen LogP contribution in [-0.4, -0.2) is 9.97 Å². The summed E-state index contributed by atoms with van der Waals surface area (Å²) in [5.74, 6) is -0.225. The van der Waals surface area contributed by atoms with Crippen molar-refractivity contribution in [1.82, 2.24) is 9.97 Å². The summed E-state index contributed by atoms with van der Waals surface area (Å²) in [6, 6.07) is 15.2. The molecule has 0 saturated heterocycles. The molecule has 0 aliphatic heterocycles. The zero-order valence-electron chi connectivity index (χ0n) is 14.0. The Balaban J connectivity index is 1.87. The Morgan fingerprint density at radius 2 is 1.80 bits per heavy atom. The molecule has 2 nitrogen and oxygen atoms in total. The summed E-state index contributed by atoms with van der Waals surface area (Å²) in [5.41, 5.74) is 5.61. The maximum absolute atomic E-state index is 13.5. The largest absolute Gasteiger partial charge is 0.345 e. The van der Waals surface area contributed by atoms with Gasteiger partial charge in [0.15, 0.2) is 0 Å². The number of pyridine rings is 1. The van der Waals surface area contributed by atoms with Crippen LogP contribution in [-0.2, 0) is 0 Å². The van der Waals surface area contributed by atoms with Gasteiger partial charge in [0, 0.05) is 27.6 Å². The second-order valence-electron chi connectivity index (χ2n) is 6.17. The van der Waals surface area contributed by atoms with Crippen LogP contribution in [0.3, 0.4) is 0 Å². The number of nitrogens with zero attached hydrogens (tertiary/aromatic N) is 1. The van der Waals surface area contributed by atoms with E-state index in [4.69, 9.17) is 0 Å². The standard InChI is InChI=1S/C21H17FN2S/c1-13-8-14(2)10-15(9-13)18-6-7-23-21-20(18)19(12-24-21)25-17-5-3-4-16(22)11-17/h3-12H,1-2H3,(H,23,24). The summed E-state index contributed by atoms with van der Waals surface area (Å²) in [6.45, 7) is 4.21. The molecule has 0 aliphatic carbocycles. The second-order valence-corrected chi connectivity index (χ2v) is 7.29. The van der Waals surface area contributed by atoms with Crippen LogP contribution in [0.5, 0.6) is 0 Å². The van der Waals surface area contributed by atoms with Gasteiger partial charge in [0.05, 0.1) is 0 Å². The highest BCUT2D eigenvalue weighted by Gasteiger charge is 2.13. The van der Waals surface area contributed by atoms with E-state index >= 15 is 0 Å². The molecule has 0 aliphatic rings. The van der Waals surface area contributed by atoms with E-state index in [2.05, 4.69) is 42.0 Å². The number of nitrogens with one attached hydrogen (secondary N) is 1. The topological polar surface area (TPSA) is 28.7 Å². The van der Waals surface area contributed by atoms with Crippen LogP contribution in [0.15, 0.2) is 70.7 Å². The van der Waals surface area contributed by atoms with Crippen LogP contribution < -0.4 is 0 Å². The van der Waals surface area contributed by atoms with E-state index in [1.54, 1.807) is 23.9 Å². The molecule has 25 heavy (non-hydrogen) atoms. The molecule has 0 spiro atoms. The van der Waals surface area contributed by atoms with Crippen LogP contribution in [0.25, 0.3) is 22.2 Å². The lowest BCUT2D eigenvalue weighted by molar-refractivity contribution is 0.624. The molecule has 4 aromatic rings. The molecule has 2 heterocycles. The van der Waals surface area contributed by atoms with Gasteiger partial charge in [-0.1, -0.05) is 47.2 Å². The van der Waals surface area contributed by atoms with Gasteiger partial charge < -0.3 is 4.98 Å². The number of benzene rings is 2. The molecule has 0 fully saturated rings. The SMILES string of the molecule is Cc1cc(C)cc(-c2ccnc3[nH]cc(Sc4cccc(F)c4)c23)c1. The van der Waals surface area contributed by atoms with Gasteiger partial charge in [0.2, 0.25) is 0 Å². The first kappa shape index (κ1) is 15.9. The molecular weight excluding hydrogens is 331 g/mol. The highest BCUT2D eigenvalue weighted by molar-refractivity contribution is 7.99. The van der Waals surface area contributed by atoms with Crippen molar-refractivity contribution in [3.05, 3.63) is 77.9 Å². The zero-order chi connectivity index (χ0) is 17.4. The molecule has 0 unspecified atom stereocenters. The van der Waals surface area contributed by atoms with Crippen molar-refractivity contribution in [2.24, 2.45) is 0 Å². The Morgan fingerprint density at radius 3 is 2.56 bits per heavy atom. The Labute approximate surface area is 150 Å². The molecule has 124 valence electrons. The van der Waals surface area contributed by atoms with E-state index in [1.165, 1.54) is 22.8 Å². The Bertz CT molecular complexity index is 1050. The molecule has 0 amide bonds. The fourth-order valence-corrected chi connectivity index (χ4v) is 4.13. The molecule has 2 aromatic heterocycles. The lowest BCUT2D eigenvalue weighted by Crippen LogP contribution is -1.86. The summed E-state index contributed by atoms with van der Waals surface area (Å²) in [6.07, 6.45) is 3.77. The Morgan fingerprint density at radius 1 is 1.00 bits per heavy atom. The lowest BCUT2D eigenvalue weighted by atomic mass is 9.99. The number of H-pyrrole nitrogens is 1. The van der Waals surface area contributed by atoms with E-state index in [9.17, 15) is 4.39 Å². The van der Waals surface area contributed by atoms with Crippen LogP contribution in [0.1, 0.15) is 11.1 Å². The third-order valence-electron chi connectivity index (χ3n) is 4.09. The minimum atomic E-state index is -0.225. The molecule has 0 saturated carbocycles. The van der Waals surface area contributed by atoms with Gasteiger partial charge in [-0.05, 0) is 49.2 Å². The van der Waals surface area contributed by atoms with Crippen molar-refractivity contribution in [2.75, 3.05) is 0 Å². The third kappa shape index (κ3) is 3.17. The number of hydrogen-bond donors (Lipinski definition) is 1. The average molecular weight is 348 g/mol. The molecule has 0 atom stereocenters. The van der Waals surface area contributed by atoms with Crippen LogP contribution in [0, 0.1) is 19.7 Å². The van der Waals surface area contributed by atoms with E-state index < -0.39 is 0 Å². The monoisotopic (exact) mass is 348 g/mol. The number of halogens is 1. The van der Waals surface area contributed by atoms with Crippen LogP contribution in [0.2, 0.25) is 0 Å². The first-order valence-electron chi connectivity index (χ1n) is 8.08. The predicted molar refractivity (Wildman–Crippen MR) is 102 cm³/mol. The fraction of sp³-hybridized carbons (Fsp3) is 0.0952. The van der Waals surface area contributed by atoms with Crippen molar-refractivity contribution in [3.63, 3.8) is 0 Å². The van der Waals surface area contributed by atoms with Gasteiger partial charge in [-0.2, -0.15) is 0 Å². The summed E-state index contributed by atoms with van der Waals surface area (Å²) in [4.78, 5) is 9.60. The average Bonchev–Trinajstić information content (AvgIpc) is 2.97. The quantitative estimate of drug-likeness (QED) is 0.482. The van der Waals surface area contributed by atoms with Gasteiger partial charge in [-0.15, -0.1) is 0 Å². The van der Waals surface area contributed by atoms with Crippen molar-refractivity contribution in [2.45, 2.75) is 23.6 Å². The van der Waals surface area contributed by atoms with Crippen molar-refractivity contribution in [3.8, 4) is 11.1 Å². The zero-order valence-corrected chi connectivity index (χ0v) is 14.8. The molecular formula is C21H17FN2S. The molecule has 4 heteroatoms. The summed E-state index contributed by atoms with van der Waals surface area (Å²) >= 11 is 1.54. The van der Waals surface area contributed by atoms with Crippen molar-refractivity contribution >= 4 is 22.8 Å². The Hall–Kier alpha value is -2.59. The molecule has 0 bridgehead atoms. The number of fused-ring (bicyclic) bond motifs is 1. The second kappa shape index (κ2) is 6.37. The minimum Gasteiger partial charge on any atom is -0.345 e. The van der Waals surface area contributed by atoms with E-state index in [0.29, 0.717) is 0 Å².